The molecule has 2 aliphatic heterocycles. The lowest BCUT2D eigenvalue weighted by molar-refractivity contribution is 0.0865. The van der Waals surface area contributed by atoms with Crippen molar-refractivity contribution >= 4 is 28.3 Å². The number of azo groups is 1. The molecule has 2 aliphatic rings. The first kappa shape index (κ1) is 18.5. The highest BCUT2D eigenvalue weighted by Crippen LogP contribution is 2.58. The lowest BCUT2D eigenvalue weighted by Gasteiger charge is -2.41. The Morgan fingerprint density at radius 1 is 0.774 bits per heavy atom. The number of ketones is 1. The van der Waals surface area contributed by atoms with Crippen LogP contribution in [0.3, 0.4) is 0 Å². The summed E-state index contributed by atoms with van der Waals surface area (Å²) < 4.78 is 0. The molecule has 31 heavy (non-hydrogen) atoms. The normalized spacial score (nSPS) is 24.6. The SMILES string of the molecule is O=C1c2ccccc2SC(c2ccccc2)C12N=NC[C@H]2c1ccc2ccccc2c1. The van der Waals surface area contributed by atoms with Crippen molar-refractivity contribution in [3.8, 4) is 0 Å². The Morgan fingerprint density at radius 3 is 2.39 bits per heavy atom. The number of Topliss-reactive ketones (excluding diaryl/α,β-unsaturated/α-hetero) is 1. The van der Waals surface area contributed by atoms with Crippen molar-refractivity contribution in [3.63, 3.8) is 0 Å². The number of hydrogen-bond acceptors (Lipinski definition) is 4. The van der Waals surface area contributed by atoms with E-state index in [9.17, 15) is 4.79 Å². The molecule has 0 aliphatic carbocycles. The molecule has 1 spiro atoms. The predicted octanol–water partition coefficient (Wildman–Crippen LogP) is 6.86. The summed E-state index contributed by atoms with van der Waals surface area (Å²) in [4.78, 5) is 15.1. The van der Waals surface area contributed by atoms with E-state index in [1.54, 1.807) is 11.8 Å². The average Bonchev–Trinajstić information content (AvgIpc) is 3.27. The third-order valence-electron chi connectivity index (χ3n) is 6.45. The fourth-order valence-corrected chi connectivity index (χ4v) is 6.42. The van der Waals surface area contributed by atoms with E-state index >= 15 is 0 Å². The molecule has 0 amide bonds. The smallest absolute Gasteiger partial charge is 0.195 e. The van der Waals surface area contributed by atoms with Gasteiger partial charge in [-0.1, -0.05) is 91.0 Å². The molecule has 4 heteroatoms. The molecule has 0 saturated heterocycles. The van der Waals surface area contributed by atoms with Crippen LogP contribution in [0.5, 0.6) is 0 Å². The topological polar surface area (TPSA) is 41.8 Å². The summed E-state index contributed by atoms with van der Waals surface area (Å²) >= 11 is 1.74. The molecule has 2 unspecified atom stereocenters. The lowest BCUT2D eigenvalue weighted by Crippen LogP contribution is -2.48. The van der Waals surface area contributed by atoms with Crippen molar-refractivity contribution in [2.75, 3.05) is 6.54 Å². The second-order valence-corrected chi connectivity index (χ2v) is 9.29. The Bertz CT molecular complexity index is 1330. The third kappa shape index (κ3) is 2.78. The van der Waals surface area contributed by atoms with Gasteiger partial charge in [0.2, 0.25) is 0 Å². The van der Waals surface area contributed by atoms with Gasteiger partial charge in [-0.3, -0.25) is 4.79 Å². The van der Waals surface area contributed by atoms with Gasteiger partial charge in [-0.25, -0.2) is 0 Å². The number of fused-ring (bicyclic) bond motifs is 2. The highest BCUT2D eigenvalue weighted by molar-refractivity contribution is 7.99. The Morgan fingerprint density at radius 2 is 1.52 bits per heavy atom. The molecule has 4 aromatic rings. The molecule has 0 radical (unpaired) electrons. The van der Waals surface area contributed by atoms with Gasteiger partial charge in [0.1, 0.15) is 0 Å². The van der Waals surface area contributed by atoms with Gasteiger partial charge in [0.05, 0.1) is 11.8 Å². The van der Waals surface area contributed by atoms with Crippen LogP contribution in [0.4, 0.5) is 0 Å². The van der Waals surface area contributed by atoms with Crippen molar-refractivity contribution in [2.45, 2.75) is 21.6 Å². The molecule has 6 rings (SSSR count). The lowest BCUT2D eigenvalue weighted by atomic mass is 9.71. The summed E-state index contributed by atoms with van der Waals surface area (Å²) in [5.74, 6) is -0.0224. The van der Waals surface area contributed by atoms with E-state index in [0.29, 0.717) is 6.54 Å². The molecule has 3 atom stereocenters. The van der Waals surface area contributed by atoms with Gasteiger partial charge in [-0.2, -0.15) is 10.2 Å². The van der Waals surface area contributed by atoms with E-state index in [2.05, 4.69) is 53.6 Å². The van der Waals surface area contributed by atoms with Crippen LogP contribution >= 0.6 is 11.8 Å². The minimum Gasteiger partial charge on any atom is -0.291 e. The molecular formula is C27H20N2OS. The minimum atomic E-state index is -0.942. The van der Waals surface area contributed by atoms with Gasteiger partial charge >= 0.3 is 0 Å². The third-order valence-corrected chi connectivity index (χ3v) is 7.93. The van der Waals surface area contributed by atoms with Crippen LogP contribution in [0.2, 0.25) is 0 Å². The standard InChI is InChI=1S/C27H20N2OS/c30-25-22-12-6-7-13-24(22)31-26(19-9-2-1-3-10-19)27(25)23(17-28-29-27)21-15-14-18-8-4-5-11-20(18)16-21/h1-16,23,26H,17H2/t23-,26?,27?/m0/s1. The molecular weight excluding hydrogens is 400 g/mol. The number of carbonyl (C=O) groups excluding carboxylic acids is 1. The summed E-state index contributed by atoms with van der Waals surface area (Å²) in [6.45, 7) is 0.524. The summed E-state index contributed by atoms with van der Waals surface area (Å²) in [6, 6.07) is 33.0. The maximum absolute atomic E-state index is 14.1. The minimum absolute atomic E-state index is 0.0788. The number of thioether (sulfide) groups is 1. The molecule has 0 bridgehead atoms. The van der Waals surface area contributed by atoms with Gasteiger partial charge < -0.3 is 0 Å². The van der Waals surface area contributed by atoms with Crippen molar-refractivity contribution in [1.29, 1.82) is 0 Å². The van der Waals surface area contributed by atoms with E-state index in [1.807, 2.05) is 48.5 Å². The maximum Gasteiger partial charge on any atom is 0.195 e. The van der Waals surface area contributed by atoms with Crippen molar-refractivity contribution < 1.29 is 4.79 Å². The summed E-state index contributed by atoms with van der Waals surface area (Å²) in [5.41, 5.74) is 2.05. The van der Waals surface area contributed by atoms with Gasteiger partial charge in [-0.15, -0.1) is 11.8 Å². The first-order valence-electron chi connectivity index (χ1n) is 10.5. The van der Waals surface area contributed by atoms with Crippen LogP contribution in [0.25, 0.3) is 10.8 Å². The zero-order chi connectivity index (χ0) is 20.8. The van der Waals surface area contributed by atoms with Crippen LogP contribution in [-0.4, -0.2) is 17.9 Å². The number of nitrogens with zero attached hydrogens (tertiary/aromatic N) is 2. The molecule has 0 fully saturated rings. The summed E-state index contributed by atoms with van der Waals surface area (Å²) in [6.07, 6.45) is 0. The monoisotopic (exact) mass is 420 g/mol. The van der Waals surface area contributed by atoms with Crippen molar-refractivity contribution in [2.24, 2.45) is 10.2 Å². The number of hydrogen-bond donors (Lipinski definition) is 0. The molecule has 0 aromatic heterocycles. The van der Waals surface area contributed by atoms with Crippen molar-refractivity contribution in [3.05, 3.63) is 114 Å². The van der Waals surface area contributed by atoms with Crippen LogP contribution in [-0.2, 0) is 0 Å². The maximum atomic E-state index is 14.1. The molecule has 150 valence electrons. The van der Waals surface area contributed by atoms with Crippen LogP contribution < -0.4 is 0 Å². The van der Waals surface area contributed by atoms with Gasteiger partial charge in [0.25, 0.3) is 0 Å². The number of benzene rings is 4. The summed E-state index contributed by atoms with van der Waals surface area (Å²) in [7, 11) is 0. The largest absolute Gasteiger partial charge is 0.291 e. The second kappa shape index (κ2) is 7.17. The van der Waals surface area contributed by atoms with E-state index in [0.717, 1.165) is 21.6 Å². The number of rotatable bonds is 2. The molecule has 0 saturated carbocycles. The average molecular weight is 421 g/mol. The zero-order valence-corrected chi connectivity index (χ0v) is 17.6. The van der Waals surface area contributed by atoms with E-state index < -0.39 is 5.54 Å². The van der Waals surface area contributed by atoms with Crippen LogP contribution in [0.15, 0.2) is 112 Å². The van der Waals surface area contributed by atoms with Gasteiger partial charge in [0.15, 0.2) is 11.3 Å². The zero-order valence-electron chi connectivity index (χ0n) is 16.8. The Balaban J connectivity index is 1.56. The Hall–Kier alpha value is -3.24. The second-order valence-electron chi connectivity index (χ2n) is 8.14. The van der Waals surface area contributed by atoms with E-state index in [1.165, 1.54) is 10.8 Å². The van der Waals surface area contributed by atoms with E-state index in [-0.39, 0.29) is 17.0 Å². The molecule has 0 N–H and O–H groups in total. The van der Waals surface area contributed by atoms with Gasteiger partial charge in [0, 0.05) is 16.4 Å². The molecule has 4 aromatic carbocycles. The quantitative estimate of drug-likeness (QED) is 0.355. The first-order chi connectivity index (χ1) is 15.3. The molecule has 2 heterocycles. The summed E-state index contributed by atoms with van der Waals surface area (Å²) in [5, 5.41) is 11.5. The molecule has 3 nitrogen and oxygen atoms in total. The Labute approximate surface area is 185 Å². The number of carbonyl (C=O) groups is 1. The Kier molecular flexibility index (Phi) is 4.29. The van der Waals surface area contributed by atoms with E-state index in [4.69, 9.17) is 5.11 Å². The van der Waals surface area contributed by atoms with Gasteiger partial charge in [-0.05, 0) is 28.0 Å². The highest BCUT2D eigenvalue weighted by Gasteiger charge is 2.58. The fraction of sp³-hybridized carbons (Fsp3) is 0.148. The van der Waals surface area contributed by atoms with Crippen molar-refractivity contribution in [1.82, 2.24) is 0 Å². The van der Waals surface area contributed by atoms with Crippen LogP contribution in [0, 0.1) is 0 Å². The first-order valence-corrected chi connectivity index (χ1v) is 11.4. The highest BCUT2D eigenvalue weighted by atomic mass is 32.2. The van der Waals surface area contributed by atoms with Crippen LogP contribution in [0.1, 0.15) is 32.7 Å². The fourth-order valence-electron chi connectivity index (χ4n) is 4.93. The predicted molar refractivity (Wildman–Crippen MR) is 125 cm³/mol.